The molecule has 0 aliphatic carbocycles. The first-order valence-corrected chi connectivity index (χ1v) is 5.72. The number of benzene rings is 1. The van der Waals surface area contributed by atoms with Crippen molar-refractivity contribution in [1.82, 2.24) is 0 Å². The fraction of sp³-hybridized carbons (Fsp3) is 0.333. The molecule has 2 rings (SSSR count). The molecule has 3 heteroatoms. The summed E-state index contributed by atoms with van der Waals surface area (Å²) in [6, 6.07) is 4.38. The van der Waals surface area contributed by atoms with E-state index < -0.39 is 0 Å². The zero-order valence-electron chi connectivity index (χ0n) is 6.86. The van der Waals surface area contributed by atoms with Crippen molar-refractivity contribution in [2.45, 2.75) is 11.8 Å². The summed E-state index contributed by atoms with van der Waals surface area (Å²) in [6.45, 7) is 3.19. The summed E-state index contributed by atoms with van der Waals surface area (Å²) >= 11 is 5.48. The third-order valence-corrected chi connectivity index (χ3v) is 3.53. The van der Waals surface area contributed by atoms with Gasteiger partial charge in [0.05, 0.1) is 5.69 Å². The van der Waals surface area contributed by atoms with Gasteiger partial charge in [-0.25, -0.2) is 0 Å². The minimum absolute atomic E-state index is 1.07. The van der Waals surface area contributed by atoms with Crippen molar-refractivity contribution in [2.24, 2.45) is 0 Å². The molecule has 0 spiro atoms. The number of thioether (sulfide) groups is 1. The van der Waals surface area contributed by atoms with Crippen LogP contribution >= 0.6 is 27.7 Å². The number of halogens is 1. The molecule has 12 heavy (non-hydrogen) atoms. The Hall–Kier alpha value is -0.150. The third kappa shape index (κ3) is 1.48. The van der Waals surface area contributed by atoms with Crippen LogP contribution < -0.4 is 5.32 Å². The summed E-state index contributed by atoms with van der Waals surface area (Å²) in [6.07, 6.45) is 0. The summed E-state index contributed by atoms with van der Waals surface area (Å²) in [4.78, 5) is 1.37. The average Bonchev–Trinajstić information content (AvgIpc) is 2.04. The lowest BCUT2D eigenvalue weighted by atomic mass is 10.2. The first-order chi connectivity index (χ1) is 5.77. The van der Waals surface area contributed by atoms with Crippen LogP contribution in [0, 0.1) is 6.92 Å². The molecular formula is C9H10BrNS. The van der Waals surface area contributed by atoms with E-state index in [1.54, 1.807) is 0 Å². The molecule has 1 N–H and O–H groups in total. The lowest BCUT2D eigenvalue weighted by Crippen LogP contribution is -2.10. The van der Waals surface area contributed by atoms with Crippen LogP contribution in [0.15, 0.2) is 21.5 Å². The Labute approximate surface area is 85.1 Å². The molecule has 0 fully saturated rings. The smallest absolute Gasteiger partial charge is 0.0623 e. The van der Waals surface area contributed by atoms with E-state index in [4.69, 9.17) is 0 Å². The van der Waals surface area contributed by atoms with Gasteiger partial charge < -0.3 is 5.32 Å². The Kier molecular flexibility index (Phi) is 2.33. The number of nitrogens with one attached hydrogen (secondary N) is 1. The highest BCUT2D eigenvalue weighted by molar-refractivity contribution is 9.10. The van der Waals surface area contributed by atoms with Crippen molar-refractivity contribution in [2.75, 3.05) is 17.6 Å². The summed E-state index contributed by atoms with van der Waals surface area (Å²) in [5, 5.41) is 3.39. The molecule has 1 aromatic carbocycles. The van der Waals surface area contributed by atoms with Crippen LogP contribution in [0.5, 0.6) is 0 Å². The normalized spacial score (nSPS) is 15.2. The fourth-order valence-corrected chi connectivity index (χ4v) is 3.20. The van der Waals surface area contributed by atoms with E-state index >= 15 is 0 Å². The lowest BCUT2D eigenvalue weighted by molar-refractivity contribution is 1.15. The van der Waals surface area contributed by atoms with Gasteiger partial charge in [-0.1, -0.05) is 0 Å². The van der Waals surface area contributed by atoms with Crippen molar-refractivity contribution < 1.29 is 0 Å². The van der Waals surface area contributed by atoms with Gasteiger partial charge in [0.1, 0.15) is 0 Å². The molecule has 0 saturated carbocycles. The molecule has 1 aliphatic rings. The second kappa shape index (κ2) is 3.30. The largest absolute Gasteiger partial charge is 0.382 e. The molecule has 0 amide bonds. The molecule has 1 aliphatic heterocycles. The van der Waals surface area contributed by atoms with Crippen LogP contribution in [-0.2, 0) is 0 Å². The summed E-state index contributed by atoms with van der Waals surface area (Å²) in [5.74, 6) is 1.17. The second-order valence-electron chi connectivity index (χ2n) is 2.90. The monoisotopic (exact) mass is 243 g/mol. The van der Waals surface area contributed by atoms with Gasteiger partial charge in [0.2, 0.25) is 0 Å². The second-order valence-corrected chi connectivity index (χ2v) is 4.89. The zero-order chi connectivity index (χ0) is 8.55. The fourth-order valence-electron chi connectivity index (χ4n) is 1.33. The van der Waals surface area contributed by atoms with Gasteiger partial charge in [-0.05, 0) is 40.5 Å². The summed E-state index contributed by atoms with van der Waals surface area (Å²) < 4.78 is 1.18. The SMILES string of the molecule is Cc1cc(Br)c2c(c1)SCCN2. The topological polar surface area (TPSA) is 12.0 Å². The van der Waals surface area contributed by atoms with E-state index in [1.165, 1.54) is 26.4 Å². The van der Waals surface area contributed by atoms with Crippen molar-refractivity contribution in [3.8, 4) is 0 Å². The Morgan fingerprint density at radius 2 is 2.33 bits per heavy atom. The predicted molar refractivity (Wildman–Crippen MR) is 58.1 cm³/mol. The molecule has 0 aromatic heterocycles. The zero-order valence-corrected chi connectivity index (χ0v) is 9.26. The van der Waals surface area contributed by atoms with Gasteiger partial charge in [-0.15, -0.1) is 11.8 Å². The van der Waals surface area contributed by atoms with E-state index in [2.05, 4.69) is 40.3 Å². The van der Waals surface area contributed by atoms with Crippen LogP contribution in [0.1, 0.15) is 5.56 Å². The minimum atomic E-state index is 1.07. The first kappa shape index (κ1) is 8.45. The van der Waals surface area contributed by atoms with Gasteiger partial charge >= 0.3 is 0 Å². The highest BCUT2D eigenvalue weighted by atomic mass is 79.9. The molecule has 0 saturated heterocycles. The number of hydrogen-bond donors (Lipinski definition) is 1. The van der Waals surface area contributed by atoms with E-state index in [1.807, 2.05) is 11.8 Å². The maximum atomic E-state index is 3.56. The lowest BCUT2D eigenvalue weighted by Gasteiger charge is -2.19. The van der Waals surface area contributed by atoms with Gasteiger partial charge in [-0.2, -0.15) is 0 Å². The minimum Gasteiger partial charge on any atom is -0.382 e. The Morgan fingerprint density at radius 3 is 3.17 bits per heavy atom. The van der Waals surface area contributed by atoms with Gasteiger partial charge in [0, 0.05) is 21.7 Å². The van der Waals surface area contributed by atoms with E-state index in [0.717, 1.165) is 6.54 Å². The van der Waals surface area contributed by atoms with Gasteiger partial charge in [0.15, 0.2) is 0 Å². The Morgan fingerprint density at radius 1 is 1.50 bits per heavy atom. The number of aryl methyl sites for hydroxylation is 1. The number of rotatable bonds is 0. The van der Waals surface area contributed by atoms with Crippen molar-refractivity contribution in [3.63, 3.8) is 0 Å². The van der Waals surface area contributed by atoms with E-state index in [-0.39, 0.29) is 0 Å². The van der Waals surface area contributed by atoms with Crippen molar-refractivity contribution >= 4 is 33.4 Å². The molecule has 1 aromatic rings. The number of fused-ring (bicyclic) bond motifs is 1. The Balaban J connectivity index is 2.53. The van der Waals surface area contributed by atoms with Crippen molar-refractivity contribution in [1.29, 1.82) is 0 Å². The standard InChI is InChI=1S/C9H10BrNS/c1-6-4-7(10)9-8(5-6)12-3-2-11-9/h4-5,11H,2-3H2,1H3. The highest BCUT2D eigenvalue weighted by Crippen LogP contribution is 2.37. The van der Waals surface area contributed by atoms with Crippen LogP contribution in [0.25, 0.3) is 0 Å². The van der Waals surface area contributed by atoms with Gasteiger partial charge in [-0.3, -0.25) is 0 Å². The molecular weight excluding hydrogens is 234 g/mol. The molecule has 1 nitrogen and oxygen atoms in total. The van der Waals surface area contributed by atoms with Crippen LogP contribution in [0.2, 0.25) is 0 Å². The first-order valence-electron chi connectivity index (χ1n) is 3.94. The quantitative estimate of drug-likeness (QED) is 0.751. The molecule has 64 valence electrons. The number of anilines is 1. The maximum absolute atomic E-state index is 3.56. The van der Waals surface area contributed by atoms with Crippen LogP contribution in [0.4, 0.5) is 5.69 Å². The van der Waals surface area contributed by atoms with E-state index in [0.29, 0.717) is 0 Å². The average molecular weight is 244 g/mol. The molecule has 0 unspecified atom stereocenters. The third-order valence-electron chi connectivity index (χ3n) is 1.86. The summed E-state index contributed by atoms with van der Waals surface area (Å²) in [7, 11) is 0. The molecule has 1 heterocycles. The molecule has 0 bridgehead atoms. The highest BCUT2D eigenvalue weighted by Gasteiger charge is 2.11. The summed E-state index contributed by atoms with van der Waals surface area (Å²) in [5.41, 5.74) is 2.58. The van der Waals surface area contributed by atoms with Gasteiger partial charge in [0.25, 0.3) is 0 Å². The van der Waals surface area contributed by atoms with Crippen LogP contribution in [-0.4, -0.2) is 12.3 Å². The Bertz CT molecular complexity index is 312. The molecule has 0 radical (unpaired) electrons. The number of hydrogen-bond acceptors (Lipinski definition) is 2. The predicted octanol–water partition coefficient (Wildman–Crippen LogP) is 3.28. The van der Waals surface area contributed by atoms with Crippen molar-refractivity contribution in [3.05, 3.63) is 22.2 Å². The molecule has 0 atom stereocenters. The van der Waals surface area contributed by atoms with Crippen LogP contribution in [0.3, 0.4) is 0 Å². The van der Waals surface area contributed by atoms with E-state index in [9.17, 15) is 0 Å². The maximum Gasteiger partial charge on any atom is 0.0623 e.